The average molecular weight is 240 g/mol. The minimum absolute atomic E-state index is 0.239. The van der Waals surface area contributed by atoms with Crippen LogP contribution in [0.1, 0.15) is 19.8 Å². The van der Waals surface area contributed by atoms with Crippen LogP contribution in [0.3, 0.4) is 0 Å². The number of anilines is 1. The molecule has 0 spiro atoms. The third-order valence-corrected chi connectivity index (χ3v) is 2.13. The molecule has 7 heteroatoms. The van der Waals surface area contributed by atoms with Crippen molar-refractivity contribution in [3.63, 3.8) is 0 Å². The van der Waals surface area contributed by atoms with Crippen molar-refractivity contribution in [2.45, 2.75) is 32.4 Å². The minimum atomic E-state index is -0.992. The molecule has 0 aliphatic rings. The van der Waals surface area contributed by atoms with E-state index in [1.54, 1.807) is 0 Å². The number of hydrogen-bond acceptors (Lipinski definition) is 4. The van der Waals surface area contributed by atoms with Crippen LogP contribution in [0.4, 0.5) is 5.69 Å². The van der Waals surface area contributed by atoms with Crippen molar-refractivity contribution in [1.82, 2.24) is 9.78 Å². The highest BCUT2D eigenvalue weighted by molar-refractivity contribution is 5.94. The molecule has 0 aliphatic heterocycles. The summed E-state index contributed by atoms with van der Waals surface area (Å²) in [7, 11) is 0. The molecule has 0 aromatic carbocycles. The van der Waals surface area contributed by atoms with Gasteiger partial charge in [-0.25, -0.2) is 0 Å². The second-order valence-electron chi connectivity index (χ2n) is 3.70. The lowest BCUT2D eigenvalue weighted by molar-refractivity contribution is -0.137. The lowest BCUT2D eigenvalue weighted by Gasteiger charge is -2.09. The number of hydrogen-bond donors (Lipinski definition) is 3. The fourth-order valence-corrected chi connectivity index (χ4v) is 1.33. The molecule has 1 heterocycles. The van der Waals surface area contributed by atoms with Gasteiger partial charge in [-0.1, -0.05) is 13.3 Å². The summed E-state index contributed by atoms with van der Waals surface area (Å²) in [5, 5.41) is 14.9. The van der Waals surface area contributed by atoms with Gasteiger partial charge in [0.05, 0.1) is 17.9 Å². The summed E-state index contributed by atoms with van der Waals surface area (Å²) in [6.07, 6.45) is 4.27. The van der Waals surface area contributed by atoms with Crippen LogP contribution in [0.5, 0.6) is 0 Å². The van der Waals surface area contributed by atoms with Gasteiger partial charge in [0, 0.05) is 6.20 Å². The van der Waals surface area contributed by atoms with E-state index < -0.39 is 12.0 Å². The zero-order valence-corrected chi connectivity index (χ0v) is 9.59. The topological polar surface area (TPSA) is 110 Å². The van der Waals surface area contributed by atoms with Crippen molar-refractivity contribution in [2.75, 3.05) is 5.32 Å². The van der Waals surface area contributed by atoms with Crippen LogP contribution in [0.15, 0.2) is 12.4 Å². The van der Waals surface area contributed by atoms with E-state index in [1.165, 1.54) is 17.1 Å². The van der Waals surface area contributed by atoms with Gasteiger partial charge in [0.25, 0.3) is 0 Å². The number of amides is 1. The van der Waals surface area contributed by atoms with Gasteiger partial charge >= 0.3 is 5.97 Å². The molecule has 17 heavy (non-hydrogen) atoms. The summed E-state index contributed by atoms with van der Waals surface area (Å²) in [6, 6.07) is -0.553. The fourth-order valence-electron chi connectivity index (χ4n) is 1.33. The zero-order valence-electron chi connectivity index (χ0n) is 9.59. The number of carboxylic acid groups (broad SMARTS) is 1. The fraction of sp³-hybridized carbons (Fsp3) is 0.500. The molecule has 1 amide bonds. The molecule has 1 unspecified atom stereocenters. The van der Waals surface area contributed by atoms with Crippen molar-refractivity contribution in [1.29, 1.82) is 0 Å². The first-order chi connectivity index (χ1) is 8.02. The Morgan fingerprint density at radius 1 is 1.65 bits per heavy atom. The van der Waals surface area contributed by atoms with Crippen LogP contribution in [-0.2, 0) is 16.1 Å². The average Bonchev–Trinajstić information content (AvgIpc) is 2.64. The van der Waals surface area contributed by atoms with Gasteiger partial charge in [-0.3, -0.25) is 14.3 Å². The van der Waals surface area contributed by atoms with Crippen molar-refractivity contribution in [3.05, 3.63) is 12.4 Å². The van der Waals surface area contributed by atoms with Crippen LogP contribution < -0.4 is 11.1 Å². The van der Waals surface area contributed by atoms with Gasteiger partial charge in [0.2, 0.25) is 5.91 Å². The lowest BCUT2D eigenvalue weighted by atomic mass is 10.2. The summed E-state index contributed by atoms with van der Waals surface area (Å²) < 4.78 is 1.23. The number of carboxylic acids is 1. The molecule has 4 N–H and O–H groups in total. The predicted molar refractivity (Wildman–Crippen MR) is 61.4 cm³/mol. The highest BCUT2D eigenvalue weighted by Gasteiger charge is 2.13. The summed E-state index contributed by atoms with van der Waals surface area (Å²) in [6.45, 7) is 1.70. The molecular weight excluding hydrogens is 224 g/mol. The largest absolute Gasteiger partial charge is 0.480 e. The molecule has 1 atom stereocenters. The Balaban J connectivity index is 2.54. The summed E-state index contributed by atoms with van der Waals surface area (Å²) in [5.74, 6) is -1.28. The Labute approximate surface area is 98.6 Å². The SMILES string of the molecule is CCCC(N)C(=O)Nc1cnn(CC(=O)O)c1. The Kier molecular flexibility index (Phi) is 4.65. The van der Waals surface area contributed by atoms with E-state index in [1.807, 2.05) is 6.92 Å². The standard InChI is InChI=1S/C10H16N4O3/c1-2-3-8(11)10(17)13-7-4-12-14(5-7)6-9(15)16/h4-5,8H,2-3,6,11H2,1H3,(H,13,17)(H,15,16). The van der Waals surface area contributed by atoms with Crippen LogP contribution in [0, 0.1) is 0 Å². The minimum Gasteiger partial charge on any atom is -0.480 e. The highest BCUT2D eigenvalue weighted by Crippen LogP contribution is 2.06. The van der Waals surface area contributed by atoms with Crippen molar-refractivity contribution < 1.29 is 14.7 Å². The molecule has 7 nitrogen and oxygen atoms in total. The maximum atomic E-state index is 11.5. The number of rotatable bonds is 6. The number of nitrogens with one attached hydrogen (secondary N) is 1. The molecule has 0 radical (unpaired) electrons. The smallest absolute Gasteiger partial charge is 0.325 e. The van der Waals surface area contributed by atoms with E-state index >= 15 is 0 Å². The molecular formula is C10H16N4O3. The quantitative estimate of drug-likeness (QED) is 0.650. The first-order valence-corrected chi connectivity index (χ1v) is 5.33. The van der Waals surface area contributed by atoms with Gasteiger partial charge in [-0.15, -0.1) is 0 Å². The summed E-state index contributed by atoms with van der Waals surface area (Å²) in [5.41, 5.74) is 6.08. The highest BCUT2D eigenvalue weighted by atomic mass is 16.4. The molecule has 1 aromatic heterocycles. The molecule has 0 bridgehead atoms. The Hall–Kier alpha value is -1.89. The van der Waals surface area contributed by atoms with Crippen molar-refractivity contribution in [3.8, 4) is 0 Å². The van der Waals surface area contributed by atoms with E-state index in [0.717, 1.165) is 6.42 Å². The second-order valence-corrected chi connectivity index (χ2v) is 3.70. The zero-order chi connectivity index (χ0) is 12.8. The normalized spacial score (nSPS) is 12.1. The monoisotopic (exact) mass is 240 g/mol. The maximum Gasteiger partial charge on any atom is 0.325 e. The predicted octanol–water partition coefficient (Wildman–Crippen LogP) is 0.0336. The van der Waals surface area contributed by atoms with Gasteiger partial charge in [0.15, 0.2) is 0 Å². The lowest BCUT2D eigenvalue weighted by Crippen LogP contribution is -2.35. The van der Waals surface area contributed by atoms with Crippen molar-refractivity contribution in [2.24, 2.45) is 5.73 Å². The van der Waals surface area contributed by atoms with E-state index in [4.69, 9.17) is 10.8 Å². The Morgan fingerprint density at radius 3 is 2.94 bits per heavy atom. The summed E-state index contributed by atoms with van der Waals surface area (Å²) >= 11 is 0. The van der Waals surface area contributed by atoms with Gasteiger partial charge in [0.1, 0.15) is 6.54 Å². The van der Waals surface area contributed by atoms with E-state index in [0.29, 0.717) is 12.1 Å². The molecule has 1 aromatic rings. The van der Waals surface area contributed by atoms with Crippen molar-refractivity contribution >= 4 is 17.6 Å². The third kappa shape index (κ3) is 4.23. The molecule has 0 saturated heterocycles. The van der Waals surface area contributed by atoms with Crippen LogP contribution >= 0.6 is 0 Å². The second kappa shape index (κ2) is 6.00. The number of carbonyl (C=O) groups is 2. The van der Waals surface area contributed by atoms with Gasteiger partial charge in [-0.05, 0) is 6.42 Å². The third-order valence-electron chi connectivity index (χ3n) is 2.13. The van der Waals surface area contributed by atoms with Crippen LogP contribution in [-0.4, -0.2) is 32.8 Å². The molecule has 0 saturated carbocycles. The molecule has 0 fully saturated rings. The van der Waals surface area contributed by atoms with Gasteiger partial charge < -0.3 is 16.2 Å². The number of nitrogens with two attached hydrogens (primary N) is 1. The number of aliphatic carboxylic acids is 1. The van der Waals surface area contributed by atoms with Crippen LogP contribution in [0.25, 0.3) is 0 Å². The first-order valence-electron chi connectivity index (χ1n) is 5.33. The first kappa shape index (κ1) is 13.2. The van der Waals surface area contributed by atoms with E-state index in [2.05, 4.69) is 10.4 Å². The number of aromatic nitrogens is 2. The van der Waals surface area contributed by atoms with Crippen LogP contribution in [0.2, 0.25) is 0 Å². The molecule has 0 aliphatic carbocycles. The Bertz CT molecular complexity index is 402. The molecule has 94 valence electrons. The maximum absolute atomic E-state index is 11.5. The number of nitrogens with zero attached hydrogens (tertiary/aromatic N) is 2. The summed E-state index contributed by atoms with van der Waals surface area (Å²) in [4.78, 5) is 22.0. The van der Waals surface area contributed by atoms with E-state index in [9.17, 15) is 9.59 Å². The van der Waals surface area contributed by atoms with Gasteiger partial charge in [-0.2, -0.15) is 5.10 Å². The molecule has 1 rings (SSSR count). The Morgan fingerprint density at radius 2 is 2.35 bits per heavy atom. The van der Waals surface area contributed by atoms with E-state index in [-0.39, 0.29) is 12.5 Å². The number of carbonyl (C=O) groups excluding carboxylic acids is 1.